The summed E-state index contributed by atoms with van der Waals surface area (Å²) < 4.78 is 5.49. The van der Waals surface area contributed by atoms with E-state index in [4.69, 9.17) is 10.5 Å². The summed E-state index contributed by atoms with van der Waals surface area (Å²) in [6.45, 7) is 6.15. The monoisotopic (exact) mass is 428 g/mol. The third-order valence-electron chi connectivity index (χ3n) is 7.39. The van der Waals surface area contributed by atoms with E-state index < -0.39 is 0 Å². The number of benzene rings is 1. The van der Waals surface area contributed by atoms with Crippen LogP contribution in [0.1, 0.15) is 44.1 Å². The number of hydrogen-bond acceptors (Lipinski definition) is 5. The highest BCUT2D eigenvalue weighted by molar-refractivity contribution is 5.76. The fourth-order valence-corrected chi connectivity index (χ4v) is 5.39. The molecule has 2 N–H and O–H groups in total. The second kappa shape index (κ2) is 10.5. The summed E-state index contributed by atoms with van der Waals surface area (Å²) in [4.78, 5) is 30.8. The highest BCUT2D eigenvalue weighted by Crippen LogP contribution is 2.27. The van der Waals surface area contributed by atoms with Crippen molar-refractivity contribution in [2.75, 3.05) is 39.3 Å². The summed E-state index contributed by atoms with van der Waals surface area (Å²) in [7, 11) is 0. The van der Waals surface area contributed by atoms with E-state index in [-0.39, 0.29) is 17.9 Å². The quantitative estimate of drug-likeness (QED) is 0.779. The van der Waals surface area contributed by atoms with Gasteiger partial charge < -0.3 is 25.2 Å². The van der Waals surface area contributed by atoms with Crippen LogP contribution in [-0.4, -0.2) is 78.1 Å². The van der Waals surface area contributed by atoms with E-state index in [1.54, 1.807) is 0 Å². The van der Waals surface area contributed by atoms with Crippen LogP contribution in [0, 0.1) is 5.92 Å². The van der Waals surface area contributed by atoms with Crippen molar-refractivity contribution < 1.29 is 14.3 Å². The van der Waals surface area contributed by atoms with Crippen molar-refractivity contribution in [3.05, 3.63) is 35.9 Å². The zero-order valence-corrected chi connectivity index (χ0v) is 18.5. The molecule has 3 fully saturated rings. The van der Waals surface area contributed by atoms with Crippen LogP contribution < -0.4 is 5.73 Å². The molecule has 3 aliphatic rings. The van der Waals surface area contributed by atoms with Gasteiger partial charge in [-0.15, -0.1) is 0 Å². The minimum Gasteiger partial charge on any atom is -0.445 e. The lowest BCUT2D eigenvalue weighted by atomic mass is 9.92. The molecule has 3 aliphatic heterocycles. The van der Waals surface area contributed by atoms with Crippen molar-refractivity contribution in [2.24, 2.45) is 11.7 Å². The maximum Gasteiger partial charge on any atom is 0.410 e. The van der Waals surface area contributed by atoms with Crippen LogP contribution in [0.2, 0.25) is 0 Å². The summed E-state index contributed by atoms with van der Waals surface area (Å²) in [5.74, 6) is -0.0642. The third-order valence-corrected chi connectivity index (χ3v) is 7.39. The van der Waals surface area contributed by atoms with E-state index in [1.165, 1.54) is 12.8 Å². The highest BCUT2D eigenvalue weighted by atomic mass is 16.6. The molecule has 3 saturated heterocycles. The van der Waals surface area contributed by atoms with Crippen molar-refractivity contribution in [3.63, 3.8) is 0 Å². The number of carbonyl (C=O) groups is 2. The minimum atomic E-state index is -0.194. The lowest BCUT2D eigenvalue weighted by Crippen LogP contribution is -2.53. The van der Waals surface area contributed by atoms with Crippen molar-refractivity contribution in [3.8, 4) is 0 Å². The fraction of sp³-hybridized carbons (Fsp3) is 0.667. The zero-order chi connectivity index (χ0) is 21.6. The molecule has 170 valence electrons. The van der Waals surface area contributed by atoms with Crippen molar-refractivity contribution in [1.82, 2.24) is 14.7 Å². The van der Waals surface area contributed by atoms with Gasteiger partial charge in [0.1, 0.15) is 6.61 Å². The molecule has 0 aromatic heterocycles. The molecule has 7 nitrogen and oxygen atoms in total. The molecule has 0 radical (unpaired) electrons. The number of rotatable bonds is 5. The topological polar surface area (TPSA) is 79.1 Å². The first-order valence-electron chi connectivity index (χ1n) is 11.8. The van der Waals surface area contributed by atoms with Crippen LogP contribution in [0.3, 0.4) is 0 Å². The van der Waals surface area contributed by atoms with Gasteiger partial charge in [-0.3, -0.25) is 4.79 Å². The average molecular weight is 429 g/mol. The van der Waals surface area contributed by atoms with Gasteiger partial charge in [-0.05, 0) is 70.3 Å². The Morgan fingerprint density at radius 3 is 1.87 bits per heavy atom. The molecular formula is C24H36N4O3. The number of carbonyl (C=O) groups excluding carboxylic acids is 2. The Morgan fingerprint density at radius 2 is 1.32 bits per heavy atom. The maximum absolute atomic E-state index is 12.4. The van der Waals surface area contributed by atoms with Gasteiger partial charge in [-0.2, -0.15) is 0 Å². The summed E-state index contributed by atoms with van der Waals surface area (Å²) in [5.41, 5.74) is 6.49. The Hall–Kier alpha value is -2.12. The molecule has 0 atom stereocenters. The third kappa shape index (κ3) is 5.77. The van der Waals surface area contributed by atoms with Crippen LogP contribution in [0.4, 0.5) is 4.79 Å². The van der Waals surface area contributed by atoms with Crippen LogP contribution in [0.5, 0.6) is 0 Å². The van der Waals surface area contributed by atoms with E-state index >= 15 is 0 Å². The Labute approximate surface area is 185 Å². The number of primary amides is 1. The summed E-state index contributed by atoms with van der Waals surface area (Å²) in [5, 5.41) is 0. The molecule has 4 rings (SSSR count). The van der Waals surface area contributed by atoms with E-state index in [1.807, 2.05) is 35.2 Å². The first-order valence-corrected chi connectivity index (χ1v) is 11.8. The molecule has 1 aromatic carbocycles. The molecule has 0 bridgehead atoms. The zero-order valence-electron chi connectivity index (χ0n) is 18.5. The van der Waals surface area contributed by atoms with Crippen LogP contribution in [0.25, 0.3) is 0 Å². The smallest absolute Gasteiger partial charge is 0.410 e. The predicted molar refractivity (Wildman–Crippen MR) is 119 cm³/mol. The lowest BCUT2D eigenvalue weighted by Gasteiger charge is -2.45. The number of nitrogens with two attached hydrogens (primary N) is 1. The molecule has 0 spiro atoms. The van der Waals surface area contributed by atoms with Crippen molar-refractivity contribution in [1.29, 1.82) is 0 Å². The number of ether oxygens (including phenoxy) is 1. The van der Waals surface area contributed by atoms with Gasteiger partial charge in [0, 0.05) is 31.1 Å². The van der Waals surface area contributed by atoms with Crippen LogP contribution >= 0.6 is 0 Å². The van der Waals surface area contributed by atoms with Gasteiger partial charge >= 0.3 is 6.09 Å². The van der Waals surface area contributed by atoms with Gasteiger partial charge in [-0.1, -0.05) is 30.3 Å². The van der Waals surface area contributed by atoms with Crippen molar-refractivity contribution >= 4 is 12.0 Å². The molecule has 2 amide bonds. The van der Waals surface area contributed by atoms with Gasteiger partial charge in [0.05, 0.1) is 0 Å². The van der Waals surface area contributed by atoms with Gasteiger partial charge in [-0.25, -0.2) is 4.79 Å². The summed E-state index contributed by atoms with van der Waals surface area (Å²) >= 11 is 0. The maximum atomic E-state index is 12.4. The van der Waals surface area contributed by atoms with Gasteiger partial charge in [0.2, 0.25) is 5.91 Å². The normalized spacial score (nSPS) is 23.0. The number of piperidine rings is 3. The second-order valence-corrected chi connectivity index (χ2v) is 9.24. The van der Waals surface area contributed by atoms with E-state index in [9.17, 15) is 9.59 Å². The molecule has 7 heteroatoms. The molecule has 0 aliphatic carbocycles. The first-order chi connectivity index (χ1) is 15.1. The summed E-state index contributed by atoms with van der Waals surface area (Å²) in [6, 6.07) is 11.0. The van der Waals surface area contributed by atoms with Crippen LogP contribution in [0.15, 0.2) is 30.3 Å². The molecule has 0 saturated carbocycles. The van der Waals surface area contributed by atoms with Crippen molar-refractivity contribution in [2.45, 2.75) is 57.2 Å². The SMILES string of the molecule is NC(=O)C1CCN(C2CCN(C3CCN(C(=O)OCc4ccccc4)CC3)CC2)CC1. The van der Waals surface area contributed by atoms with E-state index in [0.29, 0.717) is 18.7 Å². The number of likely N-dealkylation sites (tertiary alicyclic amines) is 3. The molecule has 31 heavy (non-hydrogen) atoms. The predicted octanol–water partition coefficient (Wildman–Crippen LogP) is 2.45. The Balaban J connectivity index is 1.15. The second-order valence-electron chi connectivity index (χ2n) is 9.24. The Bertz CT molecular complexity index is 720. The average Bonchev–Trinajstić information content (AvgIpc) is 2.83. The molecular weight excluding hydrogens is 392 g/mol. The number of hydrogen-bond donors (Lipinski definition) is 1. The first kappa shape index (κ1) is 22.1. The fourth-order valence-electron chi connectivity index (χ4n) is 5.39. The number of nitrogens with zero attached hydrogens (tertiary/aromatic N) is 3. The van der Waals surface area contributed by atoms with E-state index in [0.717, 1.165) is 70.5 Å². The molecule has 0 unspecified atom stereocenters. The molecule has 3 heterocycles. The van der Waals surface area contributed by atoms with E-state index in [2.05, 4.69) is 9.80 Å². The lowest BCUT2D eigenvalue weighted by molar-refractivity contribution is -0.123. The highest BCUT2D eigenvalue weighted by Gasteiger charge is 2.33. The summed E-state index contributed by atoms with van der Waals surface area (Å²) in [6.07, 6.45) is 6.06. The van der Waals surface area contributed by atoms with Gasteiger partial charge in [0.25, 0.3) is 0 Å². The largest absolute Gasteiger partial charge is 0.445 e. The standard InChI is InChI=1S/C24H36N4O3/c25-23(29)20-6-12-26(13-7-20)21-8-14-27(15-9-21)22-10-16-28(17-11-22)24(30)31-18-19-4-2-1-3-5-19/h1-5,20-22H,6-18H2,(H2,25,29). The van der Waals surface area contributed by atoms with Gasteiger partial charge in [0.15, 0.2) is 0 Å². The Morgan fingerprint density at radius 1 is 0.806 bits per heavy atom. The minimum absolute atomic E-state index is 0.0703. The van der Waals surface area contributed by atoms with Crippen LogP contribution in [-0.2, 0) is 16.1 Å². The Kier molecular flexibility index (Phi) is 7.45. The molecule has 1 aromatic rings. The number of amides is 2.